The molecule has 0 aromatic heterocycles. The Hall–Kier alpha value is -5.70. The molecule has 0 spiro atoms. The Balaban J connectivity index is 0.000000246. The van der Waals surface area contributed by atoms with Crippen LogP contribution in [0.5, 0.6) is 11.5 Å². The molecule has 1 atom stereocenters. The standard InChI is InChI=1S/C48H40P2.C19H24N2O2.2ClH.Ru/c1-33-13-23-39(24-14-33)49(40-25-15-34(2)16-26-40)45-31-21-37-9-5-7-11-43(37)47(45)48-44-12-8-6-10-38(44)22-32-46(48)50(41-27-17-35(3)18-28-41)42-29-19-36(4)20-30-42;1-13(2)18(20)19(21,14-5-9-16(22-3)10-6-14)15-7-11-17(23-4)12-8-15;;;/h5-32H,1-4H3;5-13,18,20-21H,1-4H3;2*1H;/q;-2;;;+4. The summed E-state index contributed by atoms with van der Waals surface area (Å²) in [5, 5.41) is 13.7. The van der Waals surface area contributed by atoms with Crippen LogP contribution in [0.15, 0.2) is 218 Å². The van der Waals surface area contributed by atoms with Gasteiger partial charge in [-0.3, -0.25) is 0 Å². The molecule has 0 aliphatic rings. The topological polar surface area (TPSA) is 66.1 Å². The first-order valence-electron chi connectivity index (χ1n) is 25.5. The van der Waals surface area contributed by atoms with E-state index in [1.165, 1.54) is 86.8 Å². The minimum absolute atomic E-state index is 0.0525. The summed E-state index contributed by atoms with van der Waals surface area (Å²) >= 11 is -0.346. The number of hydrogen-bond donors (Lipinski definition) is 0. The molecule has 0 radical (unpaired) electrons. The zero-order valence-corrected chi connectivity index (χ0v) is 49.6. The van der Waals surface area contributed by atoms with Gasteiger partial charge in [-0.1, -0.05) is 192 Å². The molecule has 0 bridgehead atoms. The van der Waals surface area contributed by atoms with Gasteiger partial charge in [0.15, 0.2) is 0 Å². The van der Waals surface area contributed by atoms with Gasteiger partial charge in [0.1, 0.15) is 43.3 Å². The molecular weight excluding hydrogens is 1100 g/mol. The zero-order chi connectivity index (χ0) is 53.9. The summed E-state index contributed by atoms with van der Waals surface area (Å²) in [6.07, 6.45) is 0. The van der Waals surface area contributed by atoms with Crippen LogP contribution in [0.2, 0.25) is 0 Å². The van der Waals surface area contributed by atoms with Gasteiger partial charge in [0.2, 0.25) is 0 Å². The summed E-state index contributed by atoms with van der Waals surface area (Å²) in [5.41, 5.74) is 26.1. The van der Waals surface area contributed by atoms with Crippen molar-refractivity contribution in [3.05, 3.63) is 263 Å². The number of benzene rings is 10. The second-order valence-electron chi connectivity index (χ2n) is 19.7. The van der Waals surface area contributed by atoms with E-state index in [1.807, 2.05) is 62.4 Å². The fourth-order valence-electron chi connectivity index (χ4n) is 10.1. The van der Waals surface area contributed by atoms with E-state index in [9.17, 15) is 0 Å². The Morgan fingerprint density at radius 1 is 0.421 bits per heavy atom. The molecule has 0 aliphatic heterocycles. The maximum absolute atomic E-state index is 9.12. The van der Waals surface area contributed by atoms with Crippen molar-refractivity contribution in [3.8, 4) is 22.6 Å². The molecule has 0 aliphatic carbocycles. The molecule has 10 aromatic rings. The van der Waals surface area contributed by atoms with Gasteiger partial charge in [-0.25, -0.2) is 0 Å². The molecule has 2 N–H and O–H groups in total. The molecular formula is C67H66Cl2N2O2P2Ru+2. The van der Waals surface area contributed by atoms with E-state index < -0.39 is 27.4 Å². The predicted molar refractivity (Wildman–Crippen MR) is 332 cm³/mol. The second-order valence-corrected chi connectivity index (χ2v) is 27.2. The summed E-state index contributed by atoms with van der Waals surface area (Å²) in [5.74, 6) is 1.55. The van der Waals surface area contributed by atoms with E-state index in [0.717, 1.165) is 22.6 Å². The van der Waals surface area contributed by atoms with E-state index in [0.29, 0.717) is 0 Å². The molecule has 1 unspecified atom stereocenters. The maximum atomic E-state index is 9.12. The minimum atomic E-state index is -1.42. The van der Waals surface area contributed by atoms with E-state index in [4.69, 9.17) is 40.3 Å². The van der Waals surface area contributed by atoms with E-state index in [1.54, 1.807) is 14.2 Å². The van der Waals surface area contributed by atoms with Crippen LogP contribution in [0.4, 0.5) is 0 Å². The van der Waals surface area contributed by atoms with Crippen molar-refractivity contribution in [1.82, 2.24) is 0 Å². The van der Waals surface area contributed by atoms with Crippen LogP contribution in [0.3, 0.4) is 0 Å². The van der Waals surface area contributed by atoms with Gasteiger partial charge in [0.05, 0.1) is 30.1 Å². The monoisotopic (exact) mass is 1160 g/mol. The van der Waals surface area contributed by atoms with Gasteiger partial charge in [-0.15, -0.1) is 6.04 Å². The van der Waals surface area contributed by atoms with E-state index >= 15 is 0 Å². The fraction of sp³-hybridized carbons (Fsp3) is 0.164. The van der Waals surface area contributed by atoms with Crippen LogP contribution in [0.1, 0.15) is 47.2 Å². The van der Waals surface area contributed by atoms with E-state index in [-0.39, 0.29) is 21.1 Å². The molecule has 0 amide bonds. The molecule has 10 rings (SSSR count). The van der Waals surface area contributed by atoms with Gasteiger partial charge < -0.3 is 20.9 Å². The quantitative estimate of drug-likeness (QED) is 0.0853. The number of ether oxygens (including phenoxy) is 2. The van der Waals surface area contributed by atoms with Crippen molar-refractivity contribution in [2.45, 2.75) is 53.1 Å². The summed E-state index contributed by atoms with van der Waals surface area (Å²) in [4.78, 5) is 0. The Morgan fingerprint density at radius 2 is 0.711 bits per heavy atom. The average molecular weight is 1170 g/mol. The Morgan fingerprint density at radius 3 is 0.987 bits per heavy atom. The average Bonchev–Trinajstić information content (AvgIpc) is 3.45. The summed E-state index contributed by atoms with van der Waals surface area (Å²) in [6.45, 7) is 12.7. The number of rotatable bonds is 13. The first kappa shape index (κ1) is 56.5. The molecule has 0 saturated heterocycles. The molecule has 10 aromatic carbocycles. The SMILES string of the molecule is COc1ccc(C([NH-])(c2ccc(OC)cc2)C([NH-])C(C)C)cc1.Cc1ccc([PH+](c2ccc(C)cc2)c2ccc3ccccc3c2-c2c([PH+](c3ccc(C)cc3)c3ccc(C)cc3)ccc3ccccc23)cc1.[Cl][Ru+2][Cl]. The molecule has 4 nitrogen and oxygen atoms in total. The van der Waals surface area contributed by atoms with Crippen LogP contribution >= 0.6 is 35.2 Å². The van der Waals surface area contributed by atoms with Crippen molar-refractivity contribution < 1.29 is 24.6 Å². The van der Waals surface area contributed by atoms with Gasteiger partial charge in [-0.05, 0) is 134 Å². The summed E-state index contributed by atoms with van der Waals surface area (Å²) in [6, 6.07) is 79.3. The molecule has 9 heteroatoms. The van der Waals surface area contributed by atoms with Gasteiger partial charge >= 0.3 is 34.5 Å². The number of nitrogens with one attached hydrogen (secondary N) is 2. The van der Waals surface area contributed by atoms with Gasteiger partial charge in [0, 0.05) is 11.1 Å². The van der Waals surface area contributed by atoms with Crippen molar-refractivity contribution in [2.24, 2.45) is 5.92 Å². The number of hydrogen-bond acceptors (Lipinski definition) is 2. The number of fused-ring (bicyclic) bond motifs is 2. The third-order valence-electron chi connectivity index (χ3n) is 14.2. The fourth-order valence-corrected chi connectivity index (χ4v) is 15.5. The van der Waals surface area contributed by atoms with Crippen LogP contribution in [-0.2, 0) is 20.7 Å². The Bertz CT molecular complexity index is 3170. The number of aryl methyl sites for hydroxylation is 4. The normalized spacial score (nSPS) is 11.8. The van der Waals surface area contributed by atoms with Crippen LogP contribution in [0.25, 0.3) is 44.1 Å². The molecule has 0 heterocycles. The summed E-state index contributed by atoms with van der Waals surface area (Å²) in [7, 11) is 10.1. The predicted octanol–water partition coefficient (Wildman–Crippen LogP) is 16.3. The third kappa shape index (κ3) is 12.7. The van der Waals surface area contributed by atoms with Crippen LogP contribution in [0, 0.1) is 33.6 Å². The van der Waals surface area contributed by atoms with Crippen molar-refractivity contribution in [3.63, 3.8) is 0 Å². The zero-order valence-electron chi connectivity index (χ0n) is 44.4. The van der Waals surface area contributed by atoms with Gasteiger partial charge in [-0.2, -0.15) is 0 Å². The van der Waals surface area contributed by atoms with Crippen LogP contribution in [-0.4, -0.2) is 20.3 Å². The Kier molecular flexibility index (Phi) is 19.4. The van der Waals surface area contributed by atoms with Crippen molar-refractivity contribution in [1.29, 1.82) is 0 Å². The molecule has 0 saturated carbocycles. The molecule has 0 fully saturated rings. The third-order valence-corrected chi connectivity index (χ3v) is 19.8. The first-order chi connectivity index (χ1) is 36.8. The van der Waals surface area contributed by atoms with Crippen LogP contribution < -0.4 is 41.3 Å². The van der Waals surface area contributed by atoms with Gasteiger partial charge in [0.25, 0.3) is 0 Å². The Labute approximate surface area is 469 Å². The van der Waals surface area contributed by atoms with E-state index in [2.05, 4.69) is 198 Å². The second kappa shape index (κ2) is 26.1. The number of halogens is 2. The molecule has 386 valence electrons. The molecule has 76 heavy (non-hydrogen) atoms. The van der Waals surface area contributed by atoms with Crippen molar-refractivity contribution in [2.75, 3.05) is 14.2 Å². The number of methoxy groups -OCH3 is 2. The first-order valence-corrected chi connectivity index (χ1v) is 32.9. The van der Waals surface area contributed by atoms with Crippen molar-refractivity contribution >= 4 is 88.6 Å². The summed E-state index contributed by atoms with van der Waals surface area (Å²) < 4.78 is 10.4.